The summed E-state index contributed by atoms with van der Waals surface area (Å²) in [6.45, 7) is 4.06. The number of nitrogens with zero attached hydrogens (tertiary/aromatic N) is 1. The molecule has 0 unspecified atom stereocenters. The summed E-state index contributed by atoms with van der Waals surface area (Å²) in [5.41, 5.74) is 0. The van der Waals surface area contributed by atoms with E-state index in [0.717, 1.165) is 25.6 Å². The summed E-state index contributed by atoms with van der Waals surface area (Å²) < 4.78 is 0. The van der Waals surface area contributed by atoms with Gasteiger partial charge in [-0.25, -0.2) is 0 Å². The van der Waals surface area contributed by atoms with E-state index >= 15 is 0 Å². The van der Waals surface area contributed by atoms with Crippen LogP contribution in [0.3, 0.4) is 0 Å². The molecule has 2 aliphatic carbocycles. The molecule has 0 aromatic carbocycles. The first-order chi connectivity index (χ1) is 9.81. The van der Waals surface area contributed by atoms with E-state index in [1.807, 2.05) is 0 Å². The maximum absolute atomic E-state index is 12.2. The molecule has 4 heteroatoms. The van der Waals surface area contributed by atoms with E-state index in [-0.39, 0.29) is 5.91 Å². The van der Waals surface area contributed by atoms with Gasteiger partial charge in [0.15, 0.2) is 0 Å². The first-order valence-electron chi connectivity index (χ1n) is 8.55. The second-order valence-electron chi connectivity index (χ2n) is 6.90. The van der Waals surface area contributed by atoms with Crippen molar-refractivity contribution < 1.29 is 4.79 Å². The molecule has 3 rings (SSSR count). The van der Waals surface area contributed by atoms with Gasteiger partial charge in [-0.1, -0.05) is 12.8 Å². The average Bonchev–Trinajstić information content (AvgIpc) is 3.18. The standard InChI is InChI=1S/C16H29N3O/c20-16(18-14-3-1-2-4-14)12-19(15-5-6-15)11-13-7-9-17-10-8-13/h13-15,17H,1-12H2,(H,18,20). The van der Waals surface area contributed by atoms with Crippen molar-refractivity contribution in [3.8, 4) is 0 Å². The zero-order valence-electron chi connectivity index (χ0n) is 12.6. The van der Waals surface area contributed by atoms with E-state index in [4.69, 9.17) is 0 Å². The van der Waals surface area contributed by atoms with Gasteiger partial charge in [0.2, 0.25) is 5.91 Å². The van der Waals surface area contributed by atoms with Crippen molar-refractivity contribution in [2.45, 2.75) is 63.5 Å². The lowest BCUT2D eigenvalue weighted by Crippen LogP contribution is -2.44. The molecule has 2 saturated carbocycles. The zero-order chi connectivity index (χ0) is 13.8. The Labute approximate surface area is 122 Å². The van der Waals surface area contributed by atoms with Gasteiger partial charge in [-0.15, -0.1) is 0 Å². The van der Waals surface area contributed by atoms with E-state index in [1.165, 1.54) is 51.4 Å². The van der Waals surface area contributed by atoms with Crippen molar-refractivity contribution in [3.05, 3.63) is 0 Å². The fourth-order valence-electron chi connectivity index (χ4n) is 3.71. The fourth-order valence-corrected chi connectivity index (χ4v) is 3.71. The van der Waals surface area contributed by atoms with Crippen LogP contribution in [-0.4, -0.2) is 49.1 Å². The van der Waals surface area contributed by atoms with Crippen LogP contribution in [-0.2, 0) is 4.79 Å². The number of hydrogen-bond donors (Lipinski definition) is 2. The first-order valence-corrected chi connectivity index (χ1v) is 8.55. The Kier molecular flexibility index (Phi) is 4.94. The Morgan fingerprint density at radius 2 is 1.75 bits per heavy atom. The quantitative estimate of drug-likeness (QED) is 0.774. The van der Waals surface area contributed by atoms with Crippen LogP contribution >= 0.6 is 0 Å². The van der Waals surface area contributed by atoms with Crippen LogP contribution in [0.2, 0.25) is 0 Å². The third-order valence-corrected chi connectivity index (χ3v) is 5.08. The molecule has 20 heavy (non-hydrogen) atoms. The molecule has 1 heterocycles. The molecule has 0 aromatic rings. The van der Waals surface area contributed by atoms with Gasteiger partial charge >= 0.3 is 0 Å². The minimum Gasteiger partial charge on any atom is -0.352 e. The van der Waals surface area contributed by atoms with E-state index < -0.39 is 0 Å². The van der Waals surface area contributed by atoms with Crippen LogP contribution in [0.25, 0.3) is 0 Å². The number of hydrogen-bond acceptors (Lipinski definition) is 3. The van der Waals surface area contributed by atoms with E-state index in [0.29, 0.717) is 18.6 Å². The number of carbonyl (C=O) groups is 1. The average molecular weight is 279 g/mol. The highest BCUT2D eigenvalue weighted by Crippen LogP contribution is 2.28. The number of rotatable bonds is 6. The third-order valence-electron chi connectivity index (χ3n) is 5.08. The molecule has 1 aliphatic heterocycles. The number of amides is 1. The Balaban J connectivity index is 1.44. The largest absolute Gasteiger partial charge is 0.352 e. The van der Waals surface area contributed by atoms with Gasteiger partial charge in [-0.05, 0) is 57.5 Å². The van der Waals surface area contributed by atoms with Gasteiger partial charge in [-0.2, -0.15) is 0 Å². The minimum absolute atomic E-state index is 0.262. The van der Waals surface area contributed by atoms with Crippen molar-refractivity contribution in [2.24, 2.45) is 5.92 Å². The van der Waals surface area contributed by atoms with Crippen molar-refractivity contribution in [2.75, 3.05) is 26.2 Å². The lowest BCUT2D eigenvalue weighted by Gasteiger charge is -2.30. The second-order valence-corrected chi connectivity index (χ2v) is 6.90. The molecule has 3 fully saturated rings. The molecule has 3 aliphatic rings. The van der Waals surface area contributed by atoms with Crippen LogP contribution in [0, 0.1) is 5.92 Å². The van der Waals surface area contributed by atoms with Gasteiger partial charge in [0.25, 0.3) is 0 Å². The lowest BCUT2D eigenvalue weighted by atomic mass is 9.97. The molecule has 114 valence electrons. The van der Waals surface area contributed by atoms with Crippen LogP contribution in [0.4, 0.5) is 0 Å². The minimum atomic E-state index is 0.262. The summed E-state index contributed by atoms with van der Waals surface area (Å²) >= 11 is 0. The molecule has 1 saturated heterocycles. The Morgan fingerprint density at radius 1 is 1.05 bits per heavy atom. The number of carbonyl (C=O) groups excluding carboxylic acids is 1. The predicted octanol–water partition coefficient (Wildman–Crippen LogP) is 1.51. The van der Waals surface area contributed by atoms with Crippen molar-refractivity contribution >= 4 is 5.91 Å². The highest BCUT2D eigenvalue weighted by molar-refractivity contribution is 5.78. The van der Waals surface area contributed by atoms with Gasteiger partial charge in [0.05, 0.1) is 6.54 Å². The van der Waals surface area contributed by atoms with Gasteiger partial charge < -0.3 is 10.6 Å². The van der Waals surface area contributed by atoms with Crippen molar-refractivity contribution in [3.63, 3.8) is 0 Å². The summed E-state index contributed by atoms with van der Waals surface area (Å²) in [5.74, 6) is 1.05. The maximum Gasteiger partial charge on any atom is 0.234 e. The second kappa shape index (κ2) is 6.90. The van der Waals surface area contributed by atoms with E-state index in [2.05, 4.69) is 15.5 Å². The molecule has 4 nitrogen and oxygen atoms in total. The molecule has 2 N–H and O–H groups in total. The predicted molar refractivity (Wildman–Crippen MR) is 80.6 cm³/mol. The molecule has 1 amide bonds. The van der Waals surface area contributed by atoms with Crippen LogP contribution in [0.5, 0.6) is 0 Å². The molecule has 0 aromatic heterocycles. The van der Waals surface area contributed by atoms with Crippen molar-refractivity contribution in [1.29, 1.82) is 0 Å². The summed E-state index contributed by atoms with van der Waals surface area (Å²) in [7, 11) is 0. The molecular formula is C16H29N3O. The first kappa shape index (κ1) is 14.3. The normalized spacial score (nSPS) is 25.2. The summed E-state index contributed by atoms with van der Waals surface area (Å²) in [6, 6.07) is 1.15. The lowest BCUT2D eigenvalue weighted by molar-refractivity contribution is -0.123. The van der Waals surface area contributed by atoms with Gasteiger partial charge in [0, 0.05) is 18.6 Å². The topological polar surface area (TPSA) is 44.4 Å². The fraction of sp³-hybridized carbons (Fsp3) is 0.938. The van der Waals surface area contributed by atoms with Gasteiger partial charge in [-0.3, -0.25) is 9.69 Å². The Bertz CT molecular complexity index is 318. The number of nitrogens with one attached hydrogen (secondary N) is 2. The molecule has 0 spiro atoms. The molecule has 0 atom stereocenters. The maximum atomic E-state index is 12.2. The highest BCUT2D eigenvalue weighted by Gasteiger charge is 2.32. The monoisotopic (exact) mass is 279 g/mol. The molecular weight excluding hydrogens is 250 g/mol. The molecule has 0 radical (unpaired) electrons. The van der Waals surface area contributed by atoms with Crippen LogP contribution in [0.15, 0.2) is 0 Å². The SMILES string of the molecule is O=C(CN(CC1CCNCC1)C1CC1)NC1CCCC1. The summed E-state index contributed by atoms with van der Waals surface area (Å²) in [4.78, 5) is 14.7. The number of piperidine rings is 1. The zero-order valence-corrected chi connectivity index (χ0v) is 12.6. The Morgan fingerprint density at radius 3 is 2.40 bits per heavy atom. The van der Waals surface area contributed by atoms with Crippen LogP contribution < -0.4 is 10.6 Å². The third kappa shape index (κ3) is 4.19. The van der Waals surface area contributed by atoms with Crippen molar-refractivity contribution in [1.82, 2.24) is 15.5 Å². The van der Waals surface area contributed by atoms with E-state index in [1.54, 1.807) is 0 Å². The summed E-state index contributed by atoms with van der Waals surface area (Å²) in [5, 5.41) is 6.66. The smallest absolute Gasteiger partial charge is 0.234 e. The van der Waals surface area contributed by atoms with E-state index in [9.17, 15) is 4.79 Å². The molecule has 0 bridgehead atoms. The van der Waals surface area contributed by atoms with Gasteiger partial charge in [0.1, 0.15) is 0 Å². The van der Waals surface area contributed by atoms with Crippen LogP contribution in [0.1, 0.15) is 51.4 Å². The Hall–Kier alpha value is -0.610. The highest BCUT2D eigenvalue weighted by atomic mass is 16.2. The summed E-state index contributed by atoms with van der Waals surface area (Å²) in [6.07, 6.45) is 10.1.